The van der Waals surface area contributed by atoms with Crippen molar-refractivity contribution in [2.45, 2.75) is 12.8 Å². The van der Waals surface area contributed by atoms with Gasteiger partial charge in [0, 0.05) is 18.7 Å². The number of hydrogen-bond acceptors (Lipinski definition) is 3. The average Bonchev–Trinajstić information content (AvgIpc) is 2.72. The average molecular weight is 368 g/mol. The number of nitrogens with zero attached hydrogens (tertiary/aromatic N) is 1. The first-order valence-corrected chi connectivity index (χ1v) is 9.18. The lowest BCUT2D eigenvalue weighted by atomic mass is 9.99. The molecule has 1 fully saturated rings. The minimum Gasteiger partial charge on any atom is -0.491 e. The maximum atomic E-state index is 12.2. The number of aliphatic carboxylic acids is 1. The van der Waals surface area contributed by atoms with Gasteiger partial charge < -0.3 is 20.1 Å². The predicted octanol–water partition coefficient (Wildman–Crippen LogP) is 3.24. The molecular weight excluding hydrogens is 344 g/mol. The van der Waals surface area contributed by atoms with Crippen LogP contribution in [0.1, 0.15) is 12.8 Å². The van der Waals surface area contributed by atoms with E-state index in [-0.39, 0.29) is 12.6 Å². The van der Waals surface area contributed by atoms with E-state index in [1.807, 2.05) is 54.6 Å². The van der Waals surface area contributed by atoms with Crippen LogP contribution in [0, 0.1) is 5.92 Å². The summed E-state index contributed by atoms with van der Waals surface area (Å²) in [6, 6.07) is 17.5. The first-order valence-electron chi connectivity index (χ1n) is 9.18. The first kappa shape index (κ1) is 18.8. The second kappa shape index (κ2) is 9.07. The number of carbonyl (C=O) groups excluding carboxylic acids is 1. The Morgan fingerprint density at radius 3 is 2.63 bits per heavy atom. The monoisotopic (exact) mass is 368 g/mol. The Bertz CT molecular complexity index is 779. The van der Waals surface area contributed by atoms with E-state index in [1.165, 1.54) is 0 Å². The van der Waals surface area contributed by atoms with Crippen molar-refractivity contribution in [2.24, 2.45) is 5.92 Å². The van der Waals surface area contributed by atoms with E-state index in [0.29, 0.717) is 32.5 Å². The van der Waals surface area contributed by atoms with Crippen LogP contribution in [-0.2, 0) is 4.79 Å². The van der Waals surface area contributed by atoms with E-state index in [1.54, 1.807) is 4.90 Å². The number of carbonyl (C=O) groups is 2. The van der Waals surface area contributed by atoms with Gasteiger partial charge in [0.2, 0.25) is 0 Å². The zero-order valence-electron chi connectivity index (χ0n) is 15.1. The van der Waals surface area contributed by atoms with Gasteiger partial charge >= 0.3 is 12.0 Å². The van der Waals surface area contributed by atoms with Gasteiger partial charge in [-0.1, -0.05) is 48.5 Å². The zero-order valence-corrected chi connectivity index (χ0v) is 15.1. The third-order valence-electron chi connectivity index (χ3n) is 4.67. The number of amides is 2. The second-order valence-electron chi connectivity index (χ2n) is 6.57. The molecule has 0 aromatic heterocycles. The van der Waals surface area contributed by atoms with Crippen molar-refractivity contribution in [3.05, 3.63) is 54.6 Å². The summed E-state index contributed by atoms with van der Waals surface area (Å²) in [5, 5.41) is 11.9. The number of urea groups is 1. The maximum absolute atomic E-state index is 12.2. The van der Waals surface area contributed by atoms with Crippen LogP contribution in [0.15, 0.2) is 54.6 Å². The summed E-state index contributed by atoms with van der Waals surface area (Å²) in [5.41, 5.74) is 2.08. The van der Waals surface area contributed by atoms with Crippen LogP contribution in [0.2, 0.25) is 0 Å². The fraction of sp³-hybridized carbons (Fsp3) is 0.333. The lowest BCUT2D eigenvalue weighted by molar-refractivity contribution is -0.143. The molecule has 1 heterocycles. The molecule has 0 saturated carbocycles. The van der Waals surface area contributed by atoms with E-state index in [4.69, 9.17) is 9.84 Å². The van der Waals surface area contributed by atoms with Crippen molar-refractivity contribution in [3.63, 3.8) is 0 Å². The summed E-state index contributed by atoms with van der Waals surface area (Å²) in [7, 11) is 0. The van der Waals surface area contributed by atoms with E-state index in [9.17, 15) is 9.59 Å². The van der Waals surface area contributed by atoms with Gasteiger partial charge in [-0.2, -0.15) is 0 Å². The fourth-order valence-electron chi connectivity index (χ4n) is 3.24. The number of carboxylic acids is 1. The molecule has 1 saturated heterocycles. The third-order valence-corrected chi connectivity index (χ3v) is 4.67. The van der Waals surface area contributed by atoms with Crippen molar-refractivity contribution in [1.29, 1.82) is 0 Å². The predicted molar refractivity (Wildman–Crippen MR) is 103 cm³/mol. The number of para-hydroxylation sites is 1. The lowest BCUT2D eigenvalue weighted by Gasteiger charge is -2.30. The third kappa shape index (κ3) is 5.00. The van der Waals surface area contributed by atoms with Crippen molar-refractivity contribution >= 4 is 12.0 Å². The molecule has 2 amide bonds. The molecule has 6 nitrogen and oxygen atoms in total. The molecule has 0 bridgehead atoms. The molecule has 1 aliphatic heterocycles. The lowest BCUT2D eigenvalue weighted by Crippen LogP contribution is -2.47. The van der Waals surface area contributed by atoms with E-state index in [2.05, 4.69) is 5.32 Å². The van der Waals surface area contributed by atoms with Crippen molar-refractivity contribution in [3.8, 4) is 16.9 Å². The largest absolute Gasteiger partial charge is 0.491 e. The highest BCUT2D eigenvalue weighted by Crippen LogP contribution is 2.29. The maximum Gasteiger partial charge on any atom is 0.317 e. The van der Waals surface area contributed by atoms with Gasteiger partial charge in [-0.25, -0.2) is 4.79 Å². The molecule has 0 spiro atoms. The zero-order chi connectivity index (χ0) is 19.1. The smallest absolute Gasteiger partial charge is 0.317 e. The summed E-state index contributed by atoms with van der Waals surface area (Å²) < 4.78 is 5.86. The molecule has 27 heavy (non-hydrogen) atoms. The van der Waals surface area contributed by atoms with Crippen molar-refractivity contribution < 1.29 is 19.4 Å². The van der Waals surface area contributed by atoms with Gasteiger partial charge in [-0.15, -0.1) is 0 Å². The Morgan fingerprint density at radius 1 is 1.11 bits per heavy atom. The molecule has 2 aromatic rings. The summed E-state index contributed by atoms with van der Waals surface area (Å²) >= 11 is 0. The van der Waals surface area contributed by atoms with Gasteiger partial charge in [0.1, 0.15) is 12.4 Å². The molecule has 6 heteroatoms. The molecule has 1 atom stereocenters. The highest BCUT2D eigenvalue weighted by atomic mass is 16.5. The van der Waals surface area contributed by atoms with Gasteiger partial charge in [-0.3, -0.25) is 4.79 Å². The number of carboxylic acid groups (broad SMARTS) is 1. The quantitative estimate of drug-likeness (QED) is 0.767. The van der Waals surface area contributed by atoms with Crippen LogP contribution in [-0.4, -0.2) is 48.2 Å². The highest BCUT2D eigenvalue weighted by molar-refractivity contribution is 5.76. The number of nitrogens with one attached hydrogen (secondary N) is 1. The summed E-state index contributed by atoms with van der Waals surface area (Å²) in [6.07, 6.45) is 1.34. The summed E-state index contributed by atoms with van der Waals surface area (Å²) in [6.45, 7) is 1.55. The van der Waals surface area contributed by atoms with Crippen LogP contribution < -0.4 is 10.1 Å². The normalized spacial score (nSPS) is 16.6. The standard InChI is InChI=1S/C21H24N2O4/c24-20(25)17-9-6-13-23(15-17)21(26)22-12-14-27-19-11-5-4-10-18(19)16-7-2-1-3-8-16/h1-5,7-8,10-11,17H,6,9,12-15H2,(H,22,26)(H,24,25). The van der Waals surface area contributed by atoms with E-state index >= 15 is 0 Å². The van der Waals surface area contributed by atoms with Crippen LogP contribution in [0.5, 0.6) is 5.75 Å². The van der Waals surface area contributed by atoms with Gasteiger partial charge in [0.25, 0.3) is 0 Å². The number of likely N-dealkylation sites (tertiary alicyclic amines) is 1. The molecule has 2 N–H and O–H groups in total. The fourth-order valence-corrected chi connectivity index (χ4v) is 3.24. The van der Waals surface area contributed by atoms with E-state index < -0.39 is 11.9 Å². The molecule has 2 aromatic carbocycles. The number of piperidine rings is 1. The van der Waals surface area contributed by atoms with Gasteiger partial charge in [0.05, 0.1) is 12.5 Å². The van der Waals surface area contributed by atoms with E-state index in [0.717, 1.165) is 16.9 Å². The molecular formula is C21H24N2O4. The SMILES string of the molecule is O=C(O)C1CCCN(C(=O)NCCOc2ccccc2-c2ccccc2)C1. The number of hydrogen-bond donors (Lipinski definition) is 2. The molecule has 1 aliphatic rings. The Labute approximate surface area is 158 Å². The summed E-state index contributed by atoms with van der Waals surface area (Å²) in [5.74, 6) is -0.547. The Morgan fingerprint density at radius 2 is 1.85 bits per heavy atom. The van der Waals surface area contributed by atoms with Gasteiger partial charge in [0.15, 0.2) is 0 Å². The molecule has 0 radical (unpaired) electrons. The number of benzene rings is 2. The van der Waals surface area contributed by atoms with Crippen LogP contribution >= 0.6 is 0 Å². The van der Waals surface area contributed by atoms with Crippen molar-refractivity contribution in [1.82, 2.24) is 10.2 Å². The summed E-state index contributed by atoms with van der Waals surface area (Å²) in [4.78, 5) is 24.9. The molecule has 3 rings (SSSR count). The molecule has 1 unspecified atom stereocenters. The van der Waals surface area contributed by atoms with Gasteiger partial charge in [-0.05, 0) is 24.5 Å². The minimum atomic E-state index is -0.839. The topological polar surface area (TPSA) is 78.9 Å². The second-order valence-corrected chi connectivity index (χ2v) is 6.57. The molecule has 142 valence electrons. The van der Waals surface area contributed by atoms with Crippen molar-refractivity contribution in [2.75, 3.05) is 26.2 Å². The van der Waals surface area contributed by atoms with Crippen LogP contribution in [0.3, 0.4) is 0 Å². The Kier molecular flexibility index (Phi) is 6.30. The number of rotatable bonds is 6. The Balaban J connectivity index is 1.50. The number of ether oxygens (including phenoxy) is 1. The first-order chi connectivity index (χ1) is 13.1. The highest BCUT2D eigenvalue weighted by Gasteiger charge is 2.27. The molecule has 0 aliphatic carbocycles. The minimum absolute atomic E-state index is 0.235. The Hall–Kier alpha value is -3.02. The van der Waals surface area contributed by atoms with Crippen LogP contribution in [0.4, 0.5) is 4.79 Å². The van der Waals surface area contributed by atoms with Crippen LogP contribution in [0.25, 0.3) is 11.1 Å².